The van der Waals surface area contributed by atoms with Crippen LogP contribution in [0.2, 0.25) is 0 Å². The molecule has 0 unspecified atom stereocenters. The third kappa shape index (κ3) is 10.9. The highest BCUT2D eigenvalue weighted by Crippen LogP contribution is 2.20. The van der Waals surface area contributed by atoms with Crippen LogP contribution in [0.15, 0.2) is 60.3 Å². The van der Waals surface area contributed by atoms with Gasteiger partial charge in [-0.15, -0.1) is 0 Å². The number of aliphatic hydroxyl groups is 1. The van der Waals surface area contributed by atoms with Crippen molar-refractivity contribution in [3.05, 3.63) is 65.9 Å². The minimum absolute atomic E-state index is 0.298. The molecular weight excluding hydrogens is 346 g/mol. The Hall–Kier alpha value is -2.13. The van der Waals surface area contributed by atoms with Gasteiger partial charge in [0.15, 0.2) is 0 Å². The quantitative estimate of drug-likeness (QED) is 0.413. The number of aliphatic hydroxyl groups excluding tert-OH is 1. The van der Waals surface area contributed by atoms with E-state index in [1.165, 1.54) is 24.0 Å². The van der Waals surface area contributed by atoms with E-state index in [-0.39, 0.29) is 0 Å². The summed E-state index contributed by atoms with van der Waals surface area (Å²) in [5.74, 6) is 0.298. The standard InChI is InChI=1S/C24H33NO.CH4O/c1-20(11-6-3-4-7-12-21(2)26)25-24-16-10-15-23(19-24)18-17-22-13-8-5-9-14-22;1-2/h8,10,13-16,19,25H,1,3-7,9,11-12,17-18H2,2H3;2H,1H3. The van der Waals surface area contributed by atoms with Crippen LogP contribution in [0.4, 0.5) is 5.69 Å². The Morgan fingerprint density at radius 2 is 1.82 bits per heavy atom. The molecular formula is C25H37NO2. The molecule has 1 aliphatic carbocycles. The Kier molecular flexibility index (Phi) is 12.7. The van der Waals surface area contributed by atoms with Crippen LogP contribution in [-0.4, -0.2) is 18.0 Å². The Morgan fingerprint density at radius 1 is 1.07 bits per heavy atom. The molecule has 2 rings (SSSR count). The van der Waals surface area contributed by atoms with Gasteiger partial charge in [0.05, 0.1) is 0 Å². The maximum absolute atomic E-state index is 10.9. The minimum Gasteiger partial charge on any atom is -0.400 e. The second kappa shape index (κ2) is 14.9. The summed E-state index contributed by atoms with van der Waals surface area (Å²) in [6, 6.07) is 8.68. The molecule has 0 radical (unpaired) electrons. The van der Waals surface area contributed by atoms with Crippen molar-refractivity contribution in [2.75, 3.05) is 12.4 Å². The van der Waals surface area contributed by atoms with Crippen LogP contribution in [0, 0.1) is 0 Å². The second-order valence-corrected chi connectivity index (χ2v) is 7.30. The molecule has 28 heavy (non-hydrogen) atoms. The maximum Gasteiger partial charge on any atom is 0.129 e. The number of allylic oxidation sites excluding steroid dienone is 5. The van der Waals surface area contributed by atoms with Crippen molar-refractivity contribution in [2.24, 2.45) is 0 Å². The molecule has 0 heterocycles. The number of rotatable bonds is 12. The molecule has 0 saturated carbocycles. The summed E-state index contributed by atoms with van der Waals surface area (Å²) >= 11 is 0. The highest BCUT2D eigenvalue weighted by Gasteiger charge is 2.02. The van der Waals surface area contributed by atoms with Crippen molar-refractivity contribution in [3.63, 3.8) is 0 Å². The normalized spacial score (nSPS) is 12.6. The minimum atomic E-state index is 0.298. The first-order valence-corrected chi connectivity index (χ1v) is 10.5. The average Bonchev–Trinajstić information content (AvgIpc) is 2.71. The van der Waals surface area contributed by atoms with Crippen LogP contribution in [0.3, 0.4) is 0 Å². The molecule has 1 aromatic carbocycles. The number of carbonyl (C=O) groups excluding carboxylic acids is 1. The summed E-state index contributed by atoms with van der Waals surface area (Å²) in [5, 5.41) is 10.5. The molecule has 0 spiro atoms. The molecule has 1 aliphatic rings. The van der Waals surface area contributed by atoms with E-state index in [2.05, 4.69) is 54.4 Å². The van der Waals surface area contributed by atoms with Gasteiger partial charge < -0.3 is 15.2 Å². The molecule has 0 bridgehead atoms. The molecule has 1 aromatic rings. The predicted octanol–water partition coefficient (Wildman–Crippen LogP) is 6.36. The van der Waals surface area contributed by atoms with E-state index >= 15 is 0 Å². The van der Waals surface area contributed by atoms with Crippen LogP contribution in [0.5, 0.6) is 0 Å². The summed E-state index contributed by atoms with van der Waals surface area (Å²) < 4.78 is 0. The Balaban J connectivity index is 0.00000190. The third-order valence-electron chi connectivity index (χ3n) is 4.78. The lowest BCUT2D eigenvalue weighted by molar-refractivity contribution is -0.117. The van der Waals surface area contributed by atoms with Crippen molar-refractivity contribution in [1.29, 1.82) is 0 Å². The number of unbranched alkanes of at least 4 members (excludes halogenated alkanes) is 3. The molecule has 0 aliphatic heterocycles. The zero-order valence-corrected chi connectivity index (χ0v) is 17.7. The van der Waals surface area contributed by atoms with Gasteiger partial charge in [0.25, 0.3) is 0 Å². The summed E-state index contributed by atoms with van der Waals surface area (Å²) in [6.45, 7) is 5.83. The number of hydrogen-bond acceptors (Lipinski definition) is 3. The highest BCUT2D eigenvalue weighted by atomic mass is 16.2. The number of nitrogens with one attached hydrogen (secondary N) is 1. The fourth-order valence-corrected chi connectivity index (χ4v) is 3.28. The van der Waals surface area contributed by atoms with Crippen molar-refractivity contribution in [3.8, 4) is 0 Å². The lowest BCUT2D eigenvalue weighted by Crippen LogP contribution is -1.99. The summed E-state index contributed by atoms with van der Waals surface area (Å²) in [7, 11) is 1.00. The highest BCUT2D eigenvalue weighted by molar-refractivity contribution is 5.75. The van der Waals surface area contributed by atoms with Gasteiger partial charge in [-0.05, 0) is 69.6 Å². The second-order valence-electron chi connectivity index (χ2n) is 7.30. The largest absolute Gasteiger partial charge is 0.400 e. The van der Waals surface area contributed by atoms with Gasteiger partial charge in [-0.25, -0.2) is 0 Å². The first-order valence-electron chi connectivity index (χ1n) is 10.5. The number of aryl methyl sites for hydroxylation is 1. The zero-order chi connectivity index (χ0) is 20.6. The Labute approximate surface area is 171 Å². The smallest absolute Gasteiger partial charge is 0.129 e. The van der Waals surface area contributed by atoms with Gasteiger partial charge in [-0.2, -0.15) is 0 Å². The Morgan fingerprint density at radius 3 is 2.50 bits per heavy atom. The molecule has 0 amide bonds. The van der Waals surface area contributed by atoms with E-state index in [4.69, 9.17) is 5.11 Å². The maximum atomic E-state index is 10.9. The zero-order valence-electron chi connectivity index (χ0n) is 17.7. The van der Waals surface area contributed by atoms with Crippen molar-refractivity contribution in [1.82, 2.24) is 0 Å². The monoisotopic (exact) mass is 383 g/mol. The number of hydrogen-bond donors (Lipinski definition) is 2. The molecule has 0 aromatic heterocycles. The number of ketones is 1. The van der Waals surface area contributed by atoms with E-state index < -0.39 is 0 Å². The number of Topliss-reactive ketones (excluding diaryl/α,β-unsaturated/α-hetero) is 1. The van der Waals surface area contributed by atoms with Gasteiger partial charge in [0.2, 0.25) is 0 Å². The van der Waals surface area contributed by atoms with Crippen molar-refractivity contribution < 1.29 is 9.90 Å². The molecule has 0 saturated heterocycles. The first-order chi connectivity index (χ1) is 13.6. The van der Waals surface area contributed by atoms with Gasteiger partial charge in [0.1, 0.15) is 5.78 Å². The van der Waals surface area contributed by atoms with E-state index in [9.17, 15) is 4.79 Å². The summed E-state index contributed by atoms with van der Waals surface area (Å²) in [6.07, 6.45) is 17.6. The van der Waals surface area contributed by atoms with Gasteiger partial charge in [-0.1, -0.05) is 55.4 Å². The van der Waals surface area contributed by atoms with Crippen LogP contribution in [-0.2, 0) is 11.2 Å². The predicted molar refractivity (Wildman–Crippen MR) is 121 cm³/mol. The molecule has 154 valence electrons. The first kappa shape index (κ1) is 23.9. The number of carbonyl (C=O) groups is 1. The lowest BCUT2D eigenvalue weighted by atomic mass is 9.99. The fraction of sp³-hybridized carbons (Fsp3) is 0.480. The molecule has 2 N–H and O–H groups in total. The van der Waals surface area contributed by atoms with Gasteiger partial charge in [-0.3, -0.25) is 0 Å². The SMILES string of the molecule is C=C(CCCCCCC(C)=O)Nc1cccc(CCC2=CCCC=C2)c1.CO. The van der Waals surface area contributed by atoms with Crippen LogP contribution in [0.25, 0.3) is 0 Å². The summed E-state index contributed by atoms with van der Waals surface area (Å²) in [4.78, 5) is 10.9. The van der Waals surface area contributed by atoms with Crippen molar-refractivity contribution >= 4 is 11.5 Å². The van der Waals surface area contributed by atoms with Gasteiger partial charge >= 0.3 is 0 Å². The van der Waals surface area contributed by atoms with E-state index in [1.54, 1.807) is 6.92 Å². The average molecular weight is 384 g/mol. The van der Waals surface area contributed by atoms with E-state index in [1.807, 2.05) is 0 Å². The molecule has 0 atom stereocenters. The summed E-state index contributed by atoms with van der Waals surface area (Å²) in [5.41, 5.74) is 5.04. The topological polar surface area (TPSA) is 49.3 Å². The number of anilines is 1. The van der Waals surface area contributed by atoms with E-state index in [0.717, 1.165) is 69.9 Å². The number of benzene rings is 1. The van der Waals surface area contributed by atoms with Crippen LogP contribution < -0.4 is 5.32 Å². The molecule has 3 heteroatoms. The third-order valence-corrected chi connectivity index (χ3v) is 4.78. The van der Waals surface area contributed by atoms with Crippen LogP contribution >= 0.6 is 0 Å². The van der Waals surface area contributed by atoms with Crippen molar-refractivity contribution in [2.45, 2.75) is 71.1 Å². The molecule has 0 fully saturated rings. The fourth-order valence-electron chi connectivity index (χ4n) is 3.28. The van der Waals surface area contributed by atoms with Crippen LogP contribution in [0.1, 0.15) is 70.3 Å². The molecule has 3 nitrogen and oxygen atoms in total. The Bertz CT molecular complexity index is 658. The lowest BCUT2D eigenvalue weighted by Gasteiger charge is -2.12. The van der Waals surface area contributed by atoms with E-state index in [0.29, 0.717) is 5.78 Å². The van der Waals surface area contributed by atoms with Gasteiger partial charge in [0, 0.05) is 24.9 Å².